The van der Waals surface area contributed by atoms with Crippen molar-refractivity contribution < 1.29 is 61.9 Å². The molecule has 3 rings (SSSR count). The van der Waals surface area contributed by atoms with E-state index in [2.05, 4.69) is 60.7 Å². The molecule has 0 radical (unpaired) electrons. The molecule has 0 aliphatic heterocycles. The molecular weight excluding hydrogens is 378 g/mol. The second kappa shape index (κ2) is 8.27. The predicted octanol–water partition coefficient (Wildman–Crippen LogP) is -5.27. The monoisotopic (exact) mass is 386 g/mol. The standard InChI is InChI=1S/C15H11.3ClH.Zr/c1-2-6-12(7-3-1)15-11-10-13-8-4-5-9-14(13)15;;;;/h1-10,15H;3*1H;/q;;;;+3/p-3. The maximum atomic E-state index is 2.34. The number of allylic oxidation sites excluding steroid dienone is 1. The van der Waals surface area contributed by atoms with E-state index >= 15 is 0 Å². The first-order valence-corrected chi connectivity index (χ1v) is 6.66. The van der Waals surface area contributed by atoms with Crippen LogP contribution in [0.5, 0.6) is 0 Å². The van der Waals surface area contributed by atoms with Crippen LogP contribution < -0.4 is 37.2 Å². The van der Waals surface area contributed by atoms with Crippen molar-refractivity contribution in [1.82, 2.24) is 0 Å². The van der Waals surface area contributed by atoms with E-state index in [1.54, 1.807) is 0 Å². The Hall–Kier alpha value is -0.0669. The first-order chi connectivity index (χ1) is 7.86. The summed E-state index contributed by atoms with van der Waals surface area (Å²) < 4.78 is 1.53. The van der Waals surface area contributed by atoms with E-state index in [-0.39, 0.29) is 37.2 Å². The van der Waals surface area contributed by atoms with E-state index in [0.29, 0.717) is 5.92 Å². The molecule has 0 fully saturated rings. The summed E-state index contributed by atoms with van der Waals surface area (Å²) in [4.78, 5) is 0. The minimum absolute atomic E-state index is 0. The van der Waals surface area contributed by atoms with Crippen LogP contribution >= 0.6 is 0 Å². The van der Waals surface area contributed by atoms with Crippen molar-refractivity contribution in [2.75, 3.05) is 0 Å². The third kappa shape index (κ3) is 3.73. The molecule has 0 amide bonds. The summed E-state index contributed by atoms with van der Waals surface area (Å²) in [6.45, 7) is 0. The van der Waals surface area contributed by atoms with Gasteiger partial charge in [0.25, 0.3) is 0 Å². The normalized spacial score (nSPS) is 15.3. The third-order valence-electron chi connectivity index (χ3n) is 3.06. The average molecular weight is 389 g/mol. The number of hydrogen-bond donors (Lipinski definition) is 0. The van der Waals surface area contributed by atoms with E-state index in [1.165, 1.54) is 44.7 Å². The van der Waals surface area contributed by atoms with E-state index in [4.69, 9.17) is 0 Å². The van der Waals surface area contributed by atoms with Gasteiger partial charge in [-0.1, -0.05) is 0 Å². The minimum atomic E-state index is 0. The maximum absolute atomic E-state index is 2.34. The fraction of sp³-hybridized carbons (Fsp3) is 0.0667. The number of fused-ring (bicyclic) bond motifs is 1. The molecule has 0 bridgehead atoms. The molecule has 1 aliphatic carbocycles. The van der Waals surface area contributed by atoms with Gasteiger partial charge in [-0.2, -0.15) is 0 Å². The van der Waals surface area contributed by atoms with Crippen molar-refractivity contribution >= 4 is 6.08 Å². The van der Waals surface area contributed by atoms with Crippen molar-refractivity contribution in [2.24, 2.45) is 0 Å². The molecule has 96 valence electrons. The fourth-order valence-electron chi connectivity index (χ4n) is 2.33. The number of rotatable bonds is 1. The molecule has 0 saturated carbocycles. The fourth-order valence-corrected chi connectivity index (χ4v) is 3.50. The molecule has 0 nitrogen and oxygen atoms in total. The second-order valence-corrected chi connectivity index (χ2v) is 5.49. The molecular formula is C15H11Cl3Zr. The Bertz CT molecular complexity index is 552. The molecule has 1 unspecified atom stereocenters. The van der Waals surface area contributed by atoms with Gasteiger partial charge < -0.3 is 37.2 Å². The zero-order chi connectivity index (χ0) is 11.0. The van der Waals surface area contributed by atoms with Gasteiger partial charge in [0.05, 0.1) is 0 Å². The van der Waals surface area contributed by atoms with Crippen LogP contribution in [0.25, 0.3) is 6.08 Å². The van der Waals surface area contributed by atoms with Crippen molar-refractivity contribution in [1.29, 1.82) is 0 Å². The van der Waals surface area contributed by atoms with Gasteiger partial charge in [-0.15, -0.1) is 0 Å². The van der Waals surface area contributed by atoms with Gasteiger partial charge in [-0.3, -0.25) is 0 Å². The Morgan fingerprint density at radius 2 is 1.32 bits per heavy atom. The molecule has 1 aliphatic rings. The SMILES string of the molecule is [Cl-].[Cl-].[Cl-].[Zr+3][C]1=Cc2ccccc2C1c1ccccc1. The molecule has 4 heteroatoms. The van der Waals surface area contributed by atoms with Crippen LogP contribution in [-0.4, -0.2) is 0 Å². The molecule has 0 N–H and O–H groups in total. The Labute approximate surface area is 147 Å². The molecule has 0 saturated heterocycles. The topological polar surface area (TPSA) is 0 Å². The third-order valence-corrected chi connectivity index (χ3v) is 4.13. The van der Waals surface area contributed by atoms with E-state index in [0.717, 1.165) is 0 Å². The van der Waals surface area contributed by atoms with Gasteiger partial charge in [0, 0.05) is 0 Å². The van der Waals surface area contributed by atoms with Gasteiger partial charge in [-0.25, -0.2) is 0 Å². The Kier molecular flexibility index (Phi) is 8.24. The Morgan fingerprint density at radius 1 is 0.737 bits per heavy atom. The molecule has 1 atom stereocenters. The number of halogens is 3. The molecule has 19 heavy (non-hydrogen) atoms. The summed E-state index contributed by atoms with van der Waals surface area (Å²) in [5.41, 5.74) is 4.26. The zero-order valence-corrected chi connectivity index (χ0v) is 14.7. The average Bonchev–Trinajstić information content (AvgIpc) is 2.66. The van der Waals surface area contributed by atoms with Crippen molar-refractivity contribution in [3.63, 3.8) is 0 Å². The van der Waals surface area contributed by atoms with E-state index in [1.807, 2.05) is 0 Å². The quantitative estimate of drug-likeness (QED) is 0.458. The second-order valence-electron chi connectivity index (χ2n) is 4.07. The summed E-state index contributed by atoms with van der Waals surface area (Å²) >= 11 is 1.52. The van der Waals surface area contributed by atoms with Crippen LogP contribution in [0, 0.1) is 0 Å². The molecule has 2 aromatic carbocycles. The first-order valence-electron chi connectivity index (χ1n) is 5.43. The van der Waals surface area contributed by atoms with Gasteiger partial charge in [0.1, 0.15) is 0 Å². The van der Waals surface area contributed by atoms with Crippen LogP contribution in [0.4, 0.5) is 0 Å². The van der Waals surface area contributed by atoms with Gasteiger partial charge in [-0.05, 0) is 0 Å². The summed E-state index contributed by atoms with van der Waals surface area (Å²) in [6.07, 6.45) is 2.34. The van der Waals surface area contributed by atoms with Crippen LogP contribution in [0.3, 0.4) is 0 Å². The summed E-state index contributed by atoms with van der Waals surface area (Å²) in [5, 5.41) is 0. The van der Waals surface area contributed by atoms with Crippen molar-refractivity contribution in [2.45, 2.75) is 5.92 Å². The van der Waals surface area contributed by atoms with E-state index < -0.39 is 0 Å². The summed E-state index contributed by atoms with van der Waals surface area (Å²) in [7, 11) is 0. The van der Waals surface area contributed by atoms with Crippen molar-refractivity contribution in [3.8, 4) is 0 Å². The summed E-state index contributed by atoms with van der Waals surface area (Å²) in [6, 6.07) is 19.5. The van der Waals surface area contributed by atoms with Crippen LogP contribution in [-0.2, 0) is 24.7 Å². The molecule has 0 spiro atoms. The number of benzene rings is 2. The van der Waals surface area contributed by atoms with Gasteiger partial charge in [0.2, 0.25) is 0 Å². The van der Waals surface area contributed by atoms with Crippen LogP contribution in [0.1, 0.15) is 22.6 Å². The Morgan fingerprint density at radius 3 is 2.00 bits per heavy atom. The van der Waals surface area contributed by atoms with Gasteiger partial charge in [0.15, 0.2) is 0 Å². The van der Waals surface area contributed by atoms with Crippen LogP contribution in [0.2, 0.25) is 0 Å². The zero-order valence-electron chi connectivity index (χ0n) is 9.98. The Balaban J connectivity index is 0.00000108. The van der Waals surface area contributed by atoms with Crippen LogP contribution in [0.15, 0.2) is 57.9 Å². The van der Waals surface area contributed by atoms with E-state index in [9.17, 15) is 0 Å². The molecule has 2 aromatic rings. The predicted molar refractivity (Wildman–Crippen MR) is 62.7 cm³/mol. The van der Waals surface area contributed by atoms with Crippen molar-refractivity contribution in [3.05, 3.63) is 74.6 Å². The molecule has 0 aromatic heterocycles. The first kappa shape index (κ1) is 18.9. The number of hydrogen-bond acceptors (Lipinski definition) is 0. The van der Waals surface area contributed by atoms with Gasteiger partial charge >= 0.3 is 111 Å². The molecule has 0 heterocycles. The summed E-state index contributed by atoms with van der Waals surface area (Å²) in [5.74, 6) is 0.496.